The molecule has 1 N–H and O–H groups in total. The van der Waals surface area contributed by atoms with Crippen LogP contribution in [0.25, 0.3) is 0 Å². The highest BCUT2D eigenvalue weighted by Gasteiger charge is 2.15. The minimum Gasteiger partial charge on any atom is -0.323 e. The van der Waals surface area contributed by atoms with Crippen LogP contribution in [0.2, 0.25) is 5.02 Å². The van der Waals surface area contributed by atoms with Gasteiger partial charge in [-0.25, -0.2) is 0 Å². The number of nitrogens with one attached hydrogen (secondary N) is 1. The van der Waals surface area contributed by atoms with Crippen LogP contribution >= 0.6 is 11.6 Å². The summed E-state index contributed by atoms with van der Waals surface area (Å²) in [6.07, 6.45) is 2.10. The number of anilines is 1. The zero-order valence-electron chi connectivity index (χ0n) is 15.2. The summed E-state index contributed by atoms with van der Waals surface area (Å²) in [6.45, 7) is 6.99. The van der Waals surface area contributed by atoms with Gasteiger partial charge >= 0.3 is 0 Å². The molecule has 136 valence electrons. The molecule has 0 radical (unpaired) electrons. The van der Waals surface area contributed by atoms with Crippen molar-refractivity contribution >= 4 is 23.2 Å². The van der Waals surface area contributed by atoms with E-state index in [0.717, 1.165) is 28.3 Å². The summed E-state index contributed by atoms with van der Waals surface area (Å²) in [5.41, 5.74) is 4.60. The van der Waals surface area contributed by atoms with Crippen LogP contribution in [0.3, 0.4) is 0 Å². The van der Waals surface area contributed by atoms with Gasteiger partial charge < -0.3 is 5.32 Å². The molecule has 0 aliphatic rings. The average molecular weight is 372 g/mol. The van der Waals surface area contributed by atoms with Gasteiger partial charge in [0.2, 0.25) is 5.91 Å². The van der Waals surface area contributed by atoms with E-state index in [0.29, 0.717) is 24.5 Å². The maximum atomic E-state index is 12.3. The smallest absolute Gasteiger partial charge is 0.226 e. The van der Waals surface area contributed by atoms with Crippen LogP contribution in [0.1, 0.15) is 29.1 Å². The Morgan fingerprint density at radius 3 is 2.69 bits per heavy atom. The SMILES string of the molecule is Cc1nn(Cc2cccc(Cl)c2)c(C)c1NC(=O)CCn1nccc1C. The van der Waals surface area contributed by atoms with Gasteiger partial charge in [-0.1, -0.05) is 23.7 Å². The Hall–Kier alpha value is -2.60. The van der Waals surface area contributed by atoms with E-state index in [1.54, 1.807) is 6.20 Å². The molecule has 0 saturated heterocycles. The highest BCUT2D eigenvalue weighted by Crippen LogP contribution is 2.21. The number of carbonyl (C=O) groups is 1. The highest BCUT2D eigenvalue weighted by molar-refractivity contribution is 6.30. The van der Waals surface area contributed by atoms with Gasteiger partial charge in [0.25, 0.3) is 0 Å². The number of aryl methyl sites for hydroxylation is 3. The van der Waals surface area contributed by atoms with Crippen molar-refractivity contribution in [3.8, 4) is 0 Å². The third-order valence-electron chi connectivity index (χ3n) is 4.35. The molecule has 1 aromatic carbocycles. The van der Waals surface area contributed by atoms with Crippen molar-refractivity contribution in [3.63, 3.8) is 0 Å². The number of hydrogen-bond acceptors (Lipinski definition) is 3. The van der Waals surface area contributed by atoms with Crippen molar-refractivity contribution in [2.75, 3.05) is 5.32 Å². The molecule has 0 spiro atoms. The lowest BCUT2D eigenvalue weighted by molar-refractivity contribution is -0.116. The molecule has 1 amide bonds. The minimum atomic E-state index is -0.0478. The van der Waals surface area contributed by atoms with E-state index in [2.05, 4.69) is 15.5 Å². The third-order valence-corrected chi connectivity index (χ3v) is 4.58. The van der Waals surface area contributed by atoms with E-state index in [1.807, 2.05) is 60.5 Å². The fourth-order valence-corrected chi connectivity index (χ4v) is 3.10. The fraction of sp³-hybridized carbons (Fsp3) is 0.316. The largest absolute Gasteiger partial charge is 0.323 e. The van der Waals surface area contributed by atoms with Crippen LogP contribution in [0, 0.1) is 20.8 Å². The van der Waals surface area contributed by atoms with Crippen LogP contribution in [-0.4, -0.2) is 25.5 Å². The zero-order chi connectivity index (χ0) is 18.7. The Labute approximate surface area is 157 Å². The van der Waals surface area contributed by atoms with Crippen LogP contribution in [0.4, 0.5) is 5.69 Å². The second kappa shape index (κ2) is 7.74. The van der Waals surface area contributed by atoms with Crippen LogP contribution in [0.15, 0.2) is 36.5 Å². The van der Waals surface area contributed by atoms with Crippen molar-refractivity contribution in [1.29, 1.82) is 0 Å². The number of benzene rings is 1. The molecule has 0 aliphatic carbocycles. The van der Waals surface area contributed by atoms with Gasteiger partial charge in [-0.05, 0) is 44.5 Å². The Kier molecular flexibility index (Phi) is 5.42. The molecule has 0 aliphatic heterocycles. The maximum absolute atomic E-state index is 12.3. The first-order valence-corrected chi connectivity index (χ1v) is 8.88. The lowest BCUT2D eigenvalue weighted by Crippen LogP contribution is -2.16. The summed E-state index contributed by atoms with van der Waals surface area (Å²) in [6, 6.07) is 9.62. The number of rotatable bonds is 6. The summed E-state index contributed by atoms with van der Waals surface area (Å²) < 4.78 is 3.70. The molecule has 0 fully saturated rings. The van der Waals surface area contributed by atoms with E-state index in [1.165, 1.54) is 0 Å². The molecule has 26 heavy (non-hydrogen) atoms. The summed E-state index contributed by atoms with van der Waals surface area (Å²) in [4.78, 5) is 12.3. The second-order valence-electron chi connectivity index (χ2n) is 6.33. The van der Waals surface area contributed by atoms with E-state index >= 15 is 0 Å². The lowest BCUT2D eigenvalue weighted by atomic mass is 10.2. The maximum Gasteiger partial charge on any atom is 0.226 e. The van der Waals surface area contributed by atoms with Crippen molar-refractivity contribution in [3.05, 3.63) is 64.2 Å². The molecule has 7 heteroatoms. The van der Waals surface area contributed by atoms with Crippen LogP contribution in [-0.2, 0) is 17.9 Å². The van der Waals surface area contributed by atoms with Gasteiger partial charge in [0.15, 0.2) is 0 Å². The normalized spacial score (nSPS) is 10.9. The first-order valence-electron chi connectivity index (χ1n) is 8.51. The Morgan fingerprint density at radius 1 is 1.19 bits per heavy atom. The van der Waals surface area contributed by atoms with Gasteiger partial charge in [-0.2, -0.15) is 10.2 Å². The Bertz CT molecular complexity index is 928. The second-order valence-corrected chi connectivity index (χ2v) is 6.76. The molecule has 3 rings (SSSR count). The summed E-state index contributed by atoms with van der Waals surface area (Å²) >= 11 is 6.05. The molecule has 0 unspecified atom stereocenters. The van der Waals surface area contributed by atoms with E-state index in [4.69, 9.17) is 11.6 Å². The Morgan fingerprint density at radius 2 is 2.00 bits per heavy atom. The van der Waals surface area contributed by atoms with Crippen molar-refractivity contribution in [1.82, 2.24) is 19.6 Å². The number of carbonyl (C=O) groups excluding carboxylic acids is 1. The van der Waals surface area contributed by atoms with Crippen molar-refractivity contribution in [2.24, 2.45) is 0 Å². The number of nitrogens with zero attached hydrogens (tertiary/aromatic N) is 4. The van der Waals surface area contributed by atoms with Gasteiger partial charge in [0, 0.05) is 29.9 Å². The van der Waals surface area contributed by atoms with Gasteiger partial charge in [0.05, 0.1) is 23.6 Å². The van der Waals surface area contributed by atoms with E-state index < -0.39 is 0 Å². The summed E-state index contributed by atoms with van der Waals surface area (Å²) in [5.74, 6) is -0.0478. The van der Waals surface area contributed by atoms with Crippen LogP contribution < -0.4 is 5.32 Å². The predicted molar refractivity (Wildman–Crippen MR) is 102 cm³/mol. The van der Waals surface area contributed by atoms with Gasteiger partial charge in [0.1, 0.15) is 0 Å². The first kappa shape index (κ1) is 18.2. The molecule has 6 nitrogen and oxygen atoms in total. The number of hydrogen-bond donors (Lipinski definition) is 1. The first-order chi connectivity index (χ1) is 12.4. The molecular weight excluding hydrogens is 350 g/mol. The molecule has 2 aromatic heterocycles. The van der Waals surface area contributed by atoms with Crippen molar-refractivity contribution < 1.29 is 4.79 Å². The van der Waals surface area contributed by atoms with E-state index in [-0.39, 0.29) is 5.91 Å². The molecule has 3 aromatic rings. The topological polar surface area (TPSA) is 64.7 Å². The highest BCUT2D eigenvalue weighted by atomic mass is 35.5. The number of aromatic nitrogens is 4. The molecule has 0 saturated carbocycles. The molecule has 2 heterocycles. The standard InChI is InChI=1S/C19H22ClN5O/c1-13-7-9-21-24(13)10-8-18(26)22-19-14(2)23-25(15(19)3)12-16-5-4-6-17(20)11-16/h4-7,9,11H,8,10,12H2,1-3H3,(H,22,26). The monoisotopic (exact) mass is 371 g/mol. The molecule has 0 bridgehead atoms. The minimum absolute atomic E-state index is 0.0478. The summed E-state index contributed by atoms with van der Waals surface area (Å²) in [7, 11) is 0. The Balaban J connectivity index is 1.67. The lowest BCUT2D eigenvalue weighted by Gasteiger charge is -2.08. The van der Waals surface area contributed by atoms with Crippen LogP contribution in [0.5, 0.6) is 0 Å². The number of halogens is 1. The summed E-state index contributed by atoms with van der Waals surface area (Å²) in [5, 5.41) is 12.4. The third kappa shape index (κ3) is 4.14. The average Bonchev–Trinajstić information content (AvgIpc) is 3.11. The van der Waals surface area contributed by atoms with Crippen molar-refractivity contribution in [2.45, 2.75) is 40.3 Å². The molecule has 0 atom stereocenters. The fourth-order valence-electron chi connectivity index (χ4n) is 2.88. The number of amides is 1. The zero-order valence-corrected chi connectivity index (χ0v) is 15.9. The predicted octanol–water partition coefficient (Wildman–Crippen LogP) is 3.74. The quantitative estimate of drug-likeness (QED) is 0.717. The van der Waals surface area contributed by atoms with Gasteiger partial charge in [-0.3, -0.25) is 14.2 Å². The molecular formula is C19H22ClN5O. The van der Waals surface area contributed by atoms with E-state index in [9.17, 15) is 4.79 Å². The van der Waals surface area contributed by atoms with Gasteiger partial charge in [-0.15, -0.1) is 0 Å².